The molecule has 4 rings (SSSR count). The molecular formula is C20H17ClN4O2. The molecular weight excluding hydrogens is 364 g/mol. The summed E-state index contributed by atoms with van der Waals surface area (Å²) in [6, 6.07) is 13.1. The number of aromatic nitrogens is 3. The minimum Gasteiger partial charge on any atom is -0.380 e. The van der Waals surface area contributed by atoms with E-state index in [1.165, 1.54) is 0 Å². The van der Waals surface area contributed by atoms with Crippen molar-refractivity contribution in [2.75, 3.05) is 5.32 Å². The fraction of sp³-hybridized carbons (Fsp3) is 0.100. The van der Waals surface area contributed by atoms with Crippen molar-refractivity contribution in [3.05, 3.63) is 85.6 Å². The van der Waals surface area contributed by atoms with Crippen molar-refractivity contribution < 1.29 is 0 Å². The topological polar surface area (TPSA) is 93.5 Å². The maximum atomic E-state index is 12.2. The van der Waals surface area contributed by atoms with Crippen molar-refractivity contribution in [2.24, 2.45) is 0 Å². The molecule has 0 aliphatic carbocycles. The second-order valence-electron chi connectivity index (χ2n) is 6.40. The van der Waals surface area contributed by atoms with Crippen molar-refractivity contribution in [1.29, 1.82) is 0 Å². The van der Waals surface area contributed by atoms with E-state index in [0.717, 1.165) is 33.4 Å². The summed E-state index contributed by atoms with van der Waals surface area (Å²) in [4.78, 5) is 31.9. The number of fused-ring (bicyclic) bond motifs is 1. The van der Waals surface area contributed by atoms with Crippen LogP contribution in [0.2, 0.25) is 5.02 Å². The molecule has 2 aromatic heterocycles. The average molecular weight is 381 g/mol. The molecule has 0 fully saturated rings. The van der Waals surface area contributed by atoms with Crippen LogP contribution in [0.4, 0.5) is 5.69 Å². The second kappa shape index (κ2) is 6.81. The molecule has 0 saturated carbocycles. The number of nitrogens with one attached hydrogen (secondary N) is 4. The van der Waals surface area contributed by atoms with Gasteiger partial charge in [0.25, 0.3) is 5.56 Å². The van der Waals surface area contributed by atoms with E-state index in [0.29, 0.717) is 17.1 Å². The van der Waals surface area contributed by atoms with Gasteiger partial charge < -0.3 is 20.3 Å². The number of rotatable bonds is 4. The van der Waals surface area contributed by atoms with Crippen molar-refractivity contribution >= 4 is 28.3 Å². The molecule has 0 spiro atoms. The lowest BCUT2D eigenvalue weighted by Crippen LogP contribution is -2.15. The summed E-state index contributed by atoms with van der Waals surface area (Å²) in [6.07, 6.45) is 1.69. The second-order valence-corrected chi connectivity index (χ2v) is 6.83. The molecule has 0 unspecified atom stereocenters. The maximum Gasteiger partial charge on any atom is 0.323 e. The van der Waals surface area contributed by atoms with Gasteiger partial charge in [-0.3, -0.25) is 4.79 Å². The third kappa shape index (κ3) is 3.52. The lowest BCUT2D eigenvalue weighted by molar-refractivity contribution is 1.07. The molecule has 27 heavy (non-hydrogen) atoms. The van der Waals surface area contributed by atoms with E-state index >= 15 is 0 Å². The summed E-state index contributed by atoms with van der Waals surface area (Å²) in [5, 5.41) is 3.95. The zero-order valence-corrected chi connectivity index (χ0v) is 15.3. The summed E-state index contributed by atoms with van der Waals surface area (Å²) in [5.74, 6) is 0. The molecule has 4 aromatic rings. The van der Waals surface area contributed by atoms with Crippen molar-refractivity contribution in [3.63, 3.8) is 0 Å². The Labute approximate surface area is 159 Å². The van der Waals surface area contributed by atoms with Crippen molar-refractivity contribution in [3.8, 4) is 11.1 Å². The molecule has 0 radical (unpaired) electrons. The number of benzene rings is 2. The van der Waals surface area contributed by atoms with Gasteiger partial charge in [-0.15, -0.1) is 0 Å². The SMILES string of the molecule is Cc1cc2[nH]c(=O)[nH]c2cc1NCc1cc(-c2ccc(Cl)cc2)c[nH]c1=O. The van der Waals surface area contributed by atoms with E-state index in [-0.39, 0.29) is 11.2 Å². The van der Waals surface area contributed by atoms with Gasteiger partial charge in [-0.05, 0) is 53.9 Å². The molecule has 0 amide bonds. The van der Waals surface area contributed by atoms with Crippen LogP contribution in [-0.4, -0.2) is 15.0 Å². The van der Waals surface area contributed by atoms with Gasteiger partial charge in [0.1, 0.15) is 0 Å². The van der Waals surface area contributed by atoms with E-state index in [4.69, 9.17) is 11.6 Å². The molecule has 2 heterocycles. The van der Waals surface area contributed by atoms with Gasteiger partial charge in [0.05, 0.1) is 11.0 Å². The normalized spacial score (nSPS) is 11.0. The fourth-order valence-electron chi connectivity index (χ4n) is 3.04. The van der Waals surface area contributed by atoms with Gasteiger partial charge in [-0.25, -0.2) is 4.79 Å². The Bertz CT molecular complexity index is 1240. The fourth-order valence-corrected chi connectivity index (χ4v) is 3.17. The van der Waals surface area contributed by atoms with Crippen LogP contribution in [0.3, 0.4) is 0 Å². The Morgan fingerprint density at radius 1 is 0.963 bits per heavy atom. The Hall–Kier alpha value is -3.25. The predicted octanol–water partition coefficient (Wildman–Crippen LogP) is 3.79. The van der Waals surface area contributed by atoms with E-state index in [9.17, 15) is 9.59 Å². The Morgan fingerprint density at radius 2 is 1.67 bits per heavy atom. The van der Waals surface area contributed by atoms with Crippen molar-refractivity contribution in [2.45, 2.75) is 13.5 Å². The van der Waals surface area contributed by atoms with E-state index in [1.807, 2.05) is 49.4 Å². The van der Waals surface area contributed by atoms with Crippen LogP contribution < -0.4 is 16.6 Å². The van der Waals surface area contributed by atoms with Crippen LogP contribution in [0.5, 0.6) is 0 Å². The average Bonchev–Trinajstić information content (AvgIpc) is 3.00. The number of hydrogen-bond acceptors (Lipinski definition) is 3. The number of imidazole rings is 1. The highest BCUT2D eigenvalue weighted by Gasteiger charge is 2.07. The largest absolute Gasteiger partial charge is 0.380 e. The van der Waals surface area contributed by atoms with Crippen LogP contribution >= 0.6 is 11.6 Å². The third-order valence-electron chi connectivity index (χ3n) is 4.49. The first-order valence-electron chi connectivity index (χ1n) is 8.44. The third-order valence-corrected chi connectivity index (χ3v) is 4.74. The molecule has 2 aromatic carbocycles. The Morgan fingerprint density at radius 3 is 2.41 bits per heavy atom. The summed E-state index contributed by atoms with van der Waals surface area (Å²) in [6.45, 7) is 2.30. The molecule has 6 nitrogen and oxygen atoms in total. The lowest BCUT2D eigenvalue weighted by atomic mass is 10.1. The Balaban J connectivity index is 1.62. The zero-order valence-electron chi connectivity index (χ0n) is 14.5. The first-order chi connectivity index (χ1) is 13.0. The summed E-state index contributed by atoms with van der Waals surface area (Å²) < 4.78 is 0. The van der Waals surface area contributed by atoms with Gasteiger partial charge in [-0.2, -0.15) is 0 Å². The number of hydrogen-bond donors (Lipinski definition) is 4. The van der Waals surface area contributed by atoms with Crippen LogP contribution in [-0.2, 0) is 6.54 Å². The summed E-state index contributed by atoms with van der Waals surface area (Å²) in [7, 11) is 0. The van der Waals surface area contributed by atoms with E-state index in [1.54, 1.807) is 6.20 Å². The molecule has 0 bridgehead atoms. The number of aromatic amines is 3. The van der Waals surface area contributed by atoms with Crippen LogP contribution in [0.25, 0.3) is 22.2 Å². The van der Waals surface area contributed by atoms with Gasteiger partial charge in [-0.1, -0.05) is 23.7 Å². The zero-order chi connectivity index (χ0) is 19.0. The van der Waals surface area contributed by atoms with Crippen LogP contribution in [0.15, 0.2) is 58.3 Å². The van der Waals surface area contributed by atoms with E-state index in [2.05, 4.69) is 20.3 Å². The standard InChI is InChI=1S/C20H17ClN4O2/c1-11-6-17-18(25-20(27)24-17)8-16(11)22-10-14-7-13(9-23-19(14)26)12-2-4-15(21)5-3-12/h2-9,22H,10H2,1H3,(H,23,26)(H2,24,25,27). The first-order valence-corrected chi connectivity index (χ1v) is 8.81. The number of halogens is 1. The van der Waals surface area contributed by atoms with Gasteiger partial charge >= 0.3 is 5.69 Å². The number of pyridine rings is 1. The highest BCUT2D eigenvalue weighted by molar-refractivity contribution is 6.30. The number of H-pyrrole nitrogens is 3. The minimum absolute atomic E-state index is 0.144. The highest BCUT2D eigenvalue weighted by Crippen LogP contribution is 2.23. The maximum absolute atomic E-state index is 12.2. The highest BCUT2D eigenvalue weighted by atomic mass is 35.5. The molecule has 0 atom stereocenters. The van der Waals surface area contributed by atoms with Crippen LogP contribution in [0, 0.1) is 6.92 Å². The minimum atomic E-state index is -0.242. The van der Waals surface area contributed by atoms with Gasteiger partial charge in [0, 0.05) is 29.0 Å². The summed E-state index contributed by atoms with van der Waals surface area (Å²) in [5.41, 5.74) is 5.41. The smallest absolute Gasteiger partial charge is 0.323 e. The molecule has 7 heteroatoms. The quantitative estimate of drug-likeness (QED) is 0.434. The monoisotopic (exact) mass is 380 g/mol. The molecule has 136 valence electrons. The number of aryl methyl sites for hydroxylation is 1. The molecule has 4 N–H and O–H groups in total. The van der Waals surface area contributed by atoms with Crippen LogP contribution in [0.1, 0.15) is 11.1 Å². The molecule has 0 aliphatic heterocycles. The first kappa shape index (κ1) is 17.2. The van der Waals surface area contributed by atoms with Gasteiger partial charge in [0.2, 0.25) is 0 Å². The van der Waals surface area contributed by atoms with E-state index < -0.39 is 0 Å². The Kier molecular flexibility index (Phi) is 4.33. The molecule has 0 aliphatic rings. The molecule has 0 saturated heterocycles. The summed E-state index contributed by atoms with van der Waals surface area (Å²) >= 11 is 5.94. The van der Waals surface area contributed by atoms with Crippen molar-refractivity contribution in [1.82, 2.24) is 15.0 Å². The number of anilines is 1. The predicted molar refractivity (Wildman–Crippen MR) is 108 cm³/mol. The lowest BCUT2D eigenvalue weighted by Gasteiger charge is -2.10. The van der Waals surface area contributed by atoms with Gasteiger partial charge in [0.15, 0.2) is 0 Å².